The Morgan fingerprint density at radius 2 is 2.12 bits per heavy atom. The number of nitrogens with one attached hydrogen (secondary N) is 1. The molecular weight excluding hydrogens is 312 g/mol. The maximum atomic E-state index is 11.3. The molecule has 8 nitrogen and oxygen atoms in total. The normalized spacial score (nSPS) is 10.2. The summed E-state index contributed by atoms with van der Waals surface area (Å²) >= 11 is 0. The molecule has 0 aliphatic heterocycles. The van der Waals surface area contributed by atoms with Crippen molar-refractivity contribution in [1.29, 1.82) is 0 Å². The monoisotopic (exact) mass is 332 g/mol. The first-order valence-electron chi connectivity index (χ1n) is 7.60. The molecular formula is C16H20N4O4. The number of nitrogens with zero attached hydrogens (tertiary/aromatic N) is 3. The van der Waals surface area contributed by atoms with Crippen LogP contribution in [-0.4, -0.2) is 39.7 Å². The molecule has 0 spiro atoms. The molecule has 0 aliphatic rings. The largest absolute Gasteiger partial charge is 0.481 e. The quantitative estimate of drug-likeness (QED) is 0.674. The van der Waals surface area contributed by atoms with Gasteiger partial charge in [-0.2, -0.15) is 4.98 Å². The van der Waals surface area contributed by atoms with E-state index in [0.717, 1.165) is 18.4 Å². The standard InChI is InChI=1S/C16H20N4O4/c1-3-4-7-24-16-19-10-12(15(21)22)14(20-16)18-9-11-5-6-13(23-2)17-8-11/h5-6,8,10H,3-4,7,9H2,1-2H3,(H,21,22)(H,18,19,20). The topological polar surface area (TPSA) is 106 Å². The van der Waals surface area contributed by atoms with E-state index in [1.165, 1.54) is 6.20 Å². The van der Waals surface area contributed by atoms with Crippen LogP contribution < -0.4 is 14.8 Å². The van der Waals surface area contributed by atoms with Crippen LogP contribution in [0.4, 0.5) is 5.82 Å². The minimum atomic E-state index is -1.11. The number of aromatic nitrogens is 3. The van der Waals surface area contributed by atoms with E-state index in [0.29, 0.717) is 19.0 Å². The lowest BCUT2D eigenvalue weighted by molar-refractivity contribution is 0.0697. The van der Waals surface area contributed by atoms with Crippen molar-refractivity contribution in [2.45, 2.75) is 26.3 Å². The van der Waals surface area contributed by atoms with Gasteiger partial charge in [-0.05, 0) is 12.0 Å². The second-order valence-corrected chi connectivity index (χ2v) is 4.98. The molecule has 0 aliphatic carbocycles. The van der Waals surface area contributed by atoms with Crippen LogP contribution in [0.25, 0.3) is 0 Å². The zero-order chi connectivity index (χ0) is 17.4. The predicted octanol–water partition coefficient (Wildman–Crippen LogP) is 2.37. The Balaban J connectivity index is 2.09. The van der Waals surface area contributed by atoms with Gasteiger partial charge in [0.1, 0.15) is 11.4 Å². The summed E-state index contributed by atoms with van der Waals surface area (Å²) in [4.78, 5) is 23.5. The number of hydrogen-bond acceptors (Lipinski definition) is 7. The Bertz CT molecular complexity index is 676. The van der Waals surface area contributed by atoms with Gasteiger partial charge in [0.25, 0.3) is 0 Å². The van der Waals surface area contributed by atoms with Gasteiger partial charge < -0.3 is 19.9 Å². The highest BCUT2D eigenvalue weighted by Crippen LogP contribution is 2.17. The van der Waals surface area contributed by atoms with Crippen LogP contribution in [0.5, 0.6) is 11.9 Å². The molecule has 0 aromatic carbocycles. The summed E-state index contributed by atoms with van der Waals surface area (Å²) in [5.74, 6) is -0.385. The number of carboxylic acids is 1. The van der Waals surface area contributed by atoms with Crippen LogP contribution in [0, 0.1) is 0 Å². The molecule has 0 amide bonds. The first kappa shape index (κ1) is 17.5. The molecule has 2 aromatic heterocycles. The molecule has 0 saturated heterocycles. The highest BCUT2D eigenvalue weighted by atomic mass is 16.5. The molecule has 0 saturated carbocycles. The molecule has 24 heavy (non-hydrogen) atoms. The molecule has 8 heteroatoms. The van der Waals surface area contributed by atoms with Crippen molar-refractivity contribution in [3.8, 4) is 11.9 Å². The number of anilines is 1. The van der Waals surface area contributed by atoms with Crippen molar-refractivity contribution in [2.24, 2.45) is 0 Å². The minimum absolute atomic E-state index is 0.0145. The van der Waals surface area contributed by atoms with Crippen molar-refractivity contribution >= 4 is 11.8 Å². The Morgan fingerprint density at radius 1 is 1.29 bits per heavy atom. The third-order valence-electron chi connectivity index (χ3n) is 3.19. The molecule has 0 bridgehead atoms. The average molecular weight is 332 g/mol. The molecule has 2 heterocycles. The molecule has 2 rings (SSSR count). The number of carbonyl (C=O) groups is 1. The molecule has 2 N–H and O–H groups in total. The van der Waals surface area contributed by atoms with E-state index >= 15 is 0 Å². The lowest BCUT2D eigenvalue weighted by atomic mass is 10.2. The van der Waals surface area contributed by atoms with Crippen molar-refractivity contribution in [2.75, 3.05) is 19.0 Å². The van der Waals surface area contributed by atoms with Gasteiger partial charge in [-0.25, -0.2) is 14.8 Å². The average Bonchev–Trinajstić information content (AvgIpc) is 2.60. The highest BCUT2D eigenvalue weighted by Gasteiger charge is 2.14. The van der Waals surface area contributed by atoms with Gasteiger partial charge in [-0.3, -0.25) is 0 Å². The summed E-state index contributed by atoms with van der Waals surface area (Å²) in [7, 11) is 1.54. The Labute approximate surface area is 139 Å². The number of hydrogen-bond donors (Lipinski definition) is 2. The van der Waals surface area contributed by atoms with E-state index < -0.39 is 5.97 Å². The van der Waals surface area contributed by atoms with E-state index in [1.54, 1.807) is 19.4 Å². The van der Waals surface area contributed by atoms with E-state index in [4.69, 9.17) is 9.47 Å². The summed E-state index contributed by atoms with van der Waals surface area (Å²) in [6, 6.07) is 3.72. The predicted molar refractivity (Wildman–Crippen MR) is 87.5 cm³/mol. The van der Waals surface area contributed by atoms with Crippen molar-refractivity contribution in [3.63, 3.8) is 0 Å². The minimum Gasteiger partial charge on any atom is -0.481 e. The second kappa shape index (κ2) is 8.66. The maximum absolute atomic E-state index is 11.3. The van der Waals surface area contributed by atoms with Crippen molar-refractivity contribution in [1.82, 2.24) is 15.0 Å². The van der Waals surface area contributed by atoms with Gasteiger partial charge >= 0.3 is 12.0 Å². The first-order valence-corrected chi connectivity index (χ1v) is 7.60. The third kappa shape index (κ3) is 4.80. The lowest BCUT2D eigenvalue weighted by Gasteiger charge is -2.10. The fourth-order valence-electron chi connectivity index (χ4n) is 1.86. The molecule has 0 unspecified atom stereocenters. The molecule has 0 radical (unpaired) electrons. The summed E-state index contributed by atoms with van der Waals surface area (Å²) in [6.45, 7) is 2.90. The first-order chi connectivity index (χ1) is 11.6. The lowest BCUT2D eigenvalue weighted by Crippen LogP contribution is -2.11. The van der Waals surface area contributed by atoms with E-state index in [1.807, 2.05) is 13.0 Å². The van der Waals surface area contributed by atoms with Crippen LogP contribution in [-0.2, 0) is 6.54 Å². The Kier molecular flexibility index (Phi) is 6.30. The highest BCUT2D eigenvalue weighted by molar-refractivity contribution is 5.92. The maximum Gasteiger partial charge on any atom is 0.341 e. The van der Waals surface area contributed by atoms with Gasteiger partial charge in [0.15, 0.2) is 0 Å². The van der Waals surface area contributed by atoms with Crippen LogP contribution in [0.15, 0.2) is 24.5 Å². The SMILES string of the molecule is CCCCOc1ncc(C(=O)O)c(NCc2ccc(OC)nc2)n1. The van der Waals surface area contributed by atoms with Crippen molar-refractivity contribution < 1.29 is 19.4 Å². The number of carboxylic acid groups (broad SMARTS) is 1. The van der Waals surface area contributed by atoms with Gasteiger partial charge in [-0.1, -0.05) is 19.4 Å². The number of pyridine rings is 1. The van der Waals surface area contributed by atoms with Crippen LogP contribution >= 0.6 is 0 Å². The second-order valence-electron chi connectivity index (χ2n) is 4.98. The van der Waals surface area contributed by atoms with Crippen molar-refractivity contribution in [3.05, 3.63) is 35.7 Å². The zero-order valence-electron chi connectivity index (χ0n) is 13.7. The molecule has 128 valence electrons. The van der Waals surface area contributed by atoms with Gasteiger partial charge in [0.05, 0.1) is 19.9 Å². The summed E-state index contributed by atoms with van der Waals surface area (Å²) in [5, 5.41) is 12.2. The Hall–Kier alpha value is -2.90. The third-order valence-corrected chi connectivity index (χ3v) is 3.19. The smallest absolute Gasteiger partial charge is 0.341 e. The number of unbranched alkanes of at least 4 members (excludes halogenated alkanes) is 1. The molecule has 0 fully saturated rings. The Morgan fingerprint density at radius 3 is 2.75 bits per heavy atom. The fourth-order valence-corrected chi connectivity index (χ4v) is 1.86. The van der Waals surface area contributed by atoms with E-state index in [9.17, 15) is 9.90 Å². The molecule has 0 atom stereocenters. The van der Waals surface area contributed by atoms with E-state index in [2.05, 4.69) is 20.3 Å². The van der Waals surface area contributed by atoms with Crippen LogP contribution in [0.1, 0.15) is 35.7 Å². The zero-order valence-corrected chi connectivity index (χ0v) is 13.7. The number of methoxy groups -OCH3 is 1. The van der Waals surface area contributed by atoms with Gasteiger partial charge in [0.2, 0.25) is 5.88 Å². The number of rotatable bonds is 9. The summed E-state index contributed by atoms with van der Waals surface area (Å²) < 4.78 is 10.4. The number of aromatic carboxylic acids is 1. The fraction of sp³-hybridized carbons (Fsp3) is 0.375. The van der Waals surface area contributed by atoms with Crippen LogP contribution in [0.3, 0.4) is 0 Å². The van der Waals surface area contributed by atoms with E-state index in [-0.39, 0.29) is 17.4 Å². The molecule has 2 aromatic rings. The van der Waals surface area contributed by atoms with Gasteiger partial charge in [0, 0.05) is 18.8 Å². The number of ether oxygens (including phenoxy) is 2. The summed E-state index contributed by atoms with van der Waals surface area (Å²) in [6.07, 6.45) is 4.75. The van der Waals surface area contributed by atoms with Crippen LogP contribution in [0.2, 0.25) is 0 Å². The van der Waals surface area contributed by atoms with Gasteiger partial charge in [-0.15, -0.1) is 0 Å². The summed E-state index contributed by atoms with van der Waals surface area (Å²) in [5.41, 5.74) is 0.846.